The van der Waals surface area contributed by atoms with E-state index in [0.29, 0.717) is 0 Å². The van der Waals surface area contributed by atoms with Gasteiger partial charge in [-0.25, -0.2) is 0 Å². The molecule has 2 aromatic rings. The van der Waals surface area contributed by atoms with Crippen molar-refractivity contribution in [1.82, 2.24) is 15.5 Å². The zero-order chi connectivity index (χ0) is 11.5. The van der Waals surface area contributed by atoms with Gasteiger partial charge in [-0.3, -0.25) is 0 Å². The Morgan fingerprint density at radius 1 is 1.47 bits per heavy atom. The Balaban J connectivity index is 1.69. The monoisotopic (exact) mass is 249 g/mol. The summed E-state index contributed by atoms with van der Waals surface area (Å²) in [6.07, 6.45) is 4.35. The van der Waals surface area contributed by atoms with Crippen molar-refractivity contribution in [2.24, 2.45) is 0 Å². The lowest BCUT2D eigenvalue weighted by Crippen LogP contribution is -2.27. The molecule has 90 valence electrons. The van der Waals surface area contributed by atoms with Crippen LogP contribution in [0.4, 0.5) is 0 Å². The normalized spacial score (nSPS) is 20.6. The van der Waals surface area contributed by atoms with Crippen LogP contribution in [0.15, 0.2) is 22.0 Å². The first-order valence-corrected chi connectivity index (χ1v) is 6.88. The smallest absolute Gasteiger partial charge is 0.231 e. The van der Waals surface area contributed by atoms with Gasteiger partial charge in [-0.05, 0) is 30.8 Å². The standard InChI is InChI=1S/C12H15N3OS/c1-2-6-13-10(5-1)12-14-11(16-15-12)8-9-4-3-7-17-9/h3-4,7,10,13H,1-2,5-6,8H2. The lowest BCUT2D eigenvalue weighted by atomic mass is 10.0. The van der Waals surface area contributed by atoms with E-state index in [-0.39, 0.29) is 6.04 Å². The summed E-state index contributed by atoms with van der Waals surface area (Å²) >= 11 is 1.72. The van der Waals surface area contributed by atoms with E-state index in [1.165, 1.54) is 17.7 Å². The van der Waals surface area contributed by atoms with Gasteiger partial charge in [-0.2, -0.15) is 4.98 Å². The SMILES string of the molecule is c1csc(Cc2nc(C3CCCCN3)no2)c1. The van der Waals surface area contributed by atoms with E-state index >= 15 is 0 Å². The molecule has 0 aliphatic carbocycles. The molecule has 0 radical (unpaired) electrons. The third-order valence-electron chi connectivity index (χ3n) is 3.01. The second-order valence-corrected chi connectivity index (χ2v) is 5.34. The summed E-state index contributed by atoms with van der Waals surface area (Å²) in [6.45, 7) is 1.06. The Hall–Kier alpha value is -1.20. The molecular weight excluding hydrogens is 234 g/mol. The fourth-order valence-electron chi connectivity index (χ4n) is 2.12. The van der Waals surface area contributed by atoms with Crippen molar-refractivity contribution in [3.63, 3.8) is 0 Å². The zero-order valence-electron chi connectivity index (χ0n) is 9.56. The van der Waals surface area contributed by atoms with Crippen molar-refractivity contribution in [2.75, 3.05) is 6.54 Å². The van der Waals surface area contributed by atoms with Crippen LogP contribution in [0.25, 0.3) is 0 Å². The van der Waals surface area contributed by atoms with Gasteiger partial charge in [0.15, 0.2) is 5.82 Å². The predicted octanol–water partition coefficient (Wildman–Crippen LogP) is 2.54. The lowest BCUT2D eigenvalue weighted by Gasteiger charge is -2.19. The maximum absolute atomic E-state index is 5.30. The molecule has 2 aromatic heterocycles. The van der Waals surface area contributed by atoms with Crippen LogP contribution in [0.2, 0.25) is 0 Å². The Labute approximate surface area is 104 Å². The molecule has 1 aliphatic rings. The number of nitrogens with one attached hydrogen (secondary N) is 1. The lowest BCUT2D eigenvalue weighted by molar-refractivity contribution is 0.352. The maximum atomic E-state index is 5.30. The molecule has 1 unspecified atom stereocenters. The first-order chi connectivity index (χ1) is 8.42. The topological polar surface area (TPSA) is 51.0 Å². The van der Waals surface area contributed by atoms with Crippen LogP contribution >= 0.6 is 11.3 Å². The first-order valence-electron chi connectivity index (χ1n) is 6.00. The van der Waals surface area contributed by atoms with Crippen molar-refractivity contribution in [1.29, 1.82) is 0 Å². The Morgan fingerprint density at radius 3 is 3.24 bits per heavy atom. The predicted molar refractivity (Wildman–Crippen MR) is 66.0 cm³/mol. The summed E-state index contributed by atoms with van der Waals surface area (Å²) in [7, 11) is 0. The molecule has 1 atom stereocenters. The van der Waals surface area contributed by atoms with E-state index in [1.807, 2.05) is 6.07 Å². The summed E-state index contributed by atoms with van der Waals surface area (Å²) in [5.74, 6) is 1.53. The number of thiophene rings is 1. The molecule has 1 N–H and O–H groups in total. The third kappa shape index (κ3) is 2.56. The molecule has 3 heterocycles. The number of aromatic nitrogens is 2. The number of piperidine rings is 1. The minimum absolute atomic E-state index is 0.282. The fraction of sp³-hybridized carbons (Fsp3) is 0.500. The van der Waals surface area contributed by atoms with Gasteiger partial charge in [0, 0.05) is 4.88 Å². The van der Waals surface area contributed by atoms with E-state index in [9.17, 15) is 0 Å². The number of hydrogen-bond acceptors (Lipinski definition) is 5. The number of nitrogens with zero attached hydrogens (tertiary/aromatic N) is 2. The fourth-order valence-corrected chi connectivity index (χ4v) is 2.81. The van der Waals surface area contributed by atoms with Crippen LogP contribution in [0, 0.1) is 0 Å². The number of rotatable bonds is 3. The Kier molecular flexibility index (Phi) is 3.20. The van der Waals surface area contributed by atoms with Crippen molar-refractivity contribution >= 4 is 11.3 Å². The highest BCUT2D eigenvalue weighted by Gasteiger charge is 2.20. The van der Waals surface area contributed by atoms with Gasteiger partial charge in [0.2, 0.25) is 5.89 Å². The number of hydrogen-bond donors (Lipinski definition) is 1. The average molecular weight is 249 g/mol. The largest absolute Gasteiger partial charge is 0.339 e. The average Bonchev–Trinajstić information content (AvgIpc) is 3.02. The van der Waals surface area contributed by atoms with Gasteiger partial charge in [0.1, 0.15) is 0 Å². The summed E-state index contributed by atoms with van der Waals surface area (Å²) in [4.78, 5) is 5.74. The quantitative estimate of drug-likeness (QED) is 0.908. The van der Waals surface area contributed by atoms with Gasteiger partial charge in [-0.1, -0.05) is 17.6 Å². The third-order valence-corrected chi connectivity index (χ3v) is 3.89. The van der Waals surface area contributed by atoms with E-state index in [2.05, 4.69) is 26.9 Å². The van der Waals surface area contributed by atoms with Crippen molar-refractivity contribution in [3.05, 3.63) is 34.1 Å². The highest BCUT2D eigenvalue weighted by molar-refractivity contribution is 7.09. The highest BCUT2D eigenvalue weighted by Crippen LogP contribution is 2.21. The molecule has 1 saturated heterocycles. The molecule has 17 heavy (non-hydrogen) atoms. The van der Waals surface area contributed by atoms with Gasteiger partial charge in [-0.15, -0.1) is 11.3 Å². The molecule has 1 aliphatic heterocycles. The van der Waals surface area contributed by atoms with E-state index in [1.54, 1.807) is 11.3 Å². The molecular formula is C12H15N3OS. The molecule has 4 nitrogen and oxygen atoms in total. The molecule has 0 amide bonds. The van der Waals surface area contributed by atoms with Gasteiger partial charge >= 0.3 is 0 Å². The van der Waals surface area contributed by atoms with Gasteiger partial charge in [0.05, 0.1) is 12.5 Å². The highest BCUT2D eigenvalue weighted by atomic mass is 32.1. The molecule has 3 rings (SSSR count). The van der Waals surface area contributed by atoms with Crippen LogP contribution in [0.1, 0.15) is 41.9 Å². The molecule has 0 aromatic carbocycles. The molecule has 1 fully saturated rings. The van der Waals surface area contributed by atoms with Crippen molar-refractivity contribution in [3.8, 4) is 0 Å². The second-order valence-electron chi connectivity index (χ2n) is 4.30. The molecule has 5 heteroatoms. The molecule has 0 spiro atoms. The first kappa shape index (κ1) is 10.9. The molecule has 0 saturated carbocycles. The van der Waals surface area contributed by atoms with E-state index in [0.717, 1.165) is 31.1 Å². The van der Waals surface area contributed by atoms with Crippen LogP contribution in [-0.4, -0.2) is 16.7 Å². The minimum Gasteiger partial charge on any atom is -0.339 e. The summed E-state index contributed by atoms with van der Waals surface area (Å²) in [6, 6.07) is 4.41. The summed E-state index contributed by atoms with van der Waals surface area (Å²) in [5.41, 5.74) is 0. The second kappa shape index (κ2) is 4.98. The van der Waals surface area contributed by atoms with Crippen LogP contribution in [0.3, 0.4) is 0 Å². The van der Waals surface area contributed by atoms with Crippen LogP contribution in [-0.2, 0) is 6.42 Å². The minimum atomic E-state index is 0.282. The van der Waals surface area contributed by atoms with Gasteiger partial charge < -0.3 is 9.84 Å². The Bertz CT molecular complexity index is 460. The molecule has 0 bridgehead atoms. The summed E-state index contributed by atoms with van der Waals surface area (Å²) < 4.78 is 5.30. The van der Waals surface area contributed by atoms with Crippen molar-refractivity contribution < 1.29 is 4.52 Å². The van der Waals surface area contributed by atoms with Crippen LogP contribution < -0.4 is 5.32 Å². The Morgan fingerprint density at radius 2 is 2.47 bits per heavy atom. The summed E-state index contributed by atoms with van der Waals surface area (Å²) in [5, 5.41) is 9.57. The van der Waals surface area contributed by atoms with Gasteiger partial charge in [0.25, 0.3) is 0 Å². The zero-order valence-corrected chi connectivity index (χ0v) is 10.4. The van der Waals surface area contributed by atoms with E-state index < -0.39 is 0 Å². The van der Waals surface area contributed by atoms with Crippen molar-refractivity contribution in [2.45, 2.75) is 31.7 Å². The van der Waals surface area contributed by atoms with E-state index in [4.69, 9.17) is 4.52 Å². The maximum Gasteiger partial charge on any atom is 0.231 e. The van der Waals surface area contributed by atoms with Crippen LogP contribution in [0.5, 0.6) is 0 Å².